The van der Waals surface area contributed by atoms with Gasteiger partial charge in [0.05, 0.1) is 12.2 Å². The zero-order valence-electron chi connectivity index (χ0n) is 13.8. The van der Waals surface area contributed by atoms with E-state index in [-0.39, 0.29) is 30.6 Å². The smallest absolute Gasteiger partial charge is 0.325 e. The molecule has 0 radical (unpaired) electrons. The van der Waals surface area contributed by atoms with E-state index in [0.717, 1.165) is 24.2 Å². The molecule has 2 saturated heterocycles. The van der Waals surface area contributed by atoms with Crippen molar-refractivity contribution in [2.24, 2.45) is 0 Å². The van der Waals surface area contributed by atoms with Crippen molar-refractivity contribution in [2.75, 3.05) is 19.6 Å². The highest BCUT2D eigenvalue weighted by Crippen LogP contribution is 2.33. The molecule has 2 atom stereocenters. The lowest BCUT2D eigenvalue weighted by molar-refractivity contribution is -0.147. The first-order valence-corrected chi connectivity index (χ1v) is 8.49. The fourth-order valence-corrected chi connectivity index (χ4v) is 3.93. The Bertz CT molecular complexity index is 505. The Hall–Kier alpha value is -1.63. The Morgan fingerprint density at radius 1 is 1.17 bits per heavy atom. The van der Waals surface area contributed by atoms with Gasteiger partial charge in [0.25, 0.3) is 5.91 Å². The van der Waals surface area contributed by atoms with Crippen molar-refractivity contribution in [3.63, 3.8) is 0 Å². The Morgan fingerprint density at radius 2 is 1.78 bits per heavy atom. The van der Waals surface area contributed by atoms with Crippen LogP contribution in [-0.2, 0) is 14.3 Å². The van der Waals surface area contributed by atoms with E-state index >= 15 is 0 Å². The third-order valence-corrected chi connectivity index (χ3v) is 5.02. The summed E-state index contributed by atoms with van der Waals surface area (Å²) in [6.07, 6.45) is 4.25. The van der Waals surface area contributed by atoms with Crippen LogP contribution in [0.2, 0.25) is 0 Å². The molecule has 3 aliphatic rings. The van der Waals surface area contributed by atoms with Crippen LogP contribution in [0, 0.1) is 0 Å². The highest BCUT2D eigenvalue weighted by atomic mass is 16.5. The predicted molar refractivity (Wildman–Crippen MR) is 82.6 cm³/mol. The van der Waals surface area contributed by atoms with Gasteiger partial charge in [0, 0.05) is 13.1 Å². The molecule has 7 nitrogen and oxygen atoms in total. The van der Waals surface area contributed by atoms with E-state index in [1.807, 2.05) is 13.8 Å². The van der Waals surface area contributed by atoms with Gasteiger partial charge in [0.1, 0.15) is 12.1 Å². The molecule has 3 rings (SSSR count). The number of nitrogens with one attached hydrogen (secondary N) is 1. The summed E-state index contributed by atoms with van der Waals surface area (Å²) >= 11 is 0. The molecule has 2 heterocycles. The number of amides is 4. The number of rotatable bonds is 2. The lowest BCUT2D eigenvalue weighted by Crippen LogP contribution is -2.52. The van der Waals surface area contributed by atoms with E-state index in [4.69, 9.17) is 4.74 Å². The van der Waals surface area contributed by atoms with Crippen molar-refractivity contribution in [1.29, 1.82) is 0 Å². The molecule has 128 valence electrons. The number of carbonyl (C=O) groups is 3. The second-order valence-electron chi connectivity index (χ2n) is 7.02. The molecule has 3 fully saturated rings. The van der Waals surface area contributed by atoms with Gasteiger partial charge < -0.3 is 15.0 Å². The molecule has 0 aromatic rings. The minimum atomic E-state index is -0.763. The van der Waals surface area contributed by atoms with Crippen LogP contribution < -0.4 is 5.32 Å². The van der Waals surface area contributed by atoms with Crippen LogP contribution in [0.5, 0.6) is 0 Å². The number of imide groups is 1. The Balaban J connectivity index is 1.66. The van der Waals surface area contributed by atoms with Crippen molar-refractivity contribution in [1.82, 2.24) is 15.1 Å². The van der Waals surface area contributed by atoms with Crippen LogP contribution in [0.15, 0.2) is 0 Å². The molecule has 0 aromatic carbocycles. The second kappa shape index (κ2) is 6.11. The van der Waals surface area contributed by atoms with E-state index in [9.17, 15) is 14.4 Å². The quantitative estimate of drug-likeness (QED) is 0.765. The van der Waals surface area contributed by atoms with Crippen LogP contribution in [0.1, 0.15) is 46.0 Å². The van der Waals surface area contributed by atoms with Gasteiger partial charge in [-0.25, -0.2) is 4.79 Å². The monoisotopic (exact) mass is 323 g/mol. The molecule has 1 spiro atoms. The topological polar surface area (TPSA) is 79.0 Å². The van der Waals surface area contributed by atoms with Gasteiger partial charge in [0.2, 0.25) is 5.91 Å². The molecule has 0 unspecified atom stereocenters. The zero-order chi connectivity index (χ0) is 16.6. The van der Waals surface area contributed by atoms with Crippen LogP contribution >= 0.6 is 0 Å². The standard InChI is InChI=1S/C16H25N3O4/c1-11-8-18(9-12(2)23-11)13(20)10-19-14(21)16(17-15(19)22)6-4-3-5-7-16/h11-12H,3-10H2,1-2H3,(H,17,22)/t11-,12+. The van der Waals surface area contributed by atoms with Crippen LogP contribution in [0.4, 0.5) is 4.79 Å². The minimum absolute atomic E-state index is 0.0320. The highest BCUT2D eigenvalue weighted by molar-refractivity contribution is 6.09. The molecule has 4 amide bonds. The first-order valence-electron chi connectivity index (χ1n) is 8.49. The molecule has 1 saturated carbocycles. The number of carbonyl (C=O) groups excluding carboxylic acids is 3. The molecular formula is C16H25N3O4. The largest absolute Gasteiger partial charge is 0.372 e. The van der Waals surface area contributed by atoms with E-state index < -0.39 is 11.6 Å². The average molecular weight is 323 g/mol. The number of nitrogens with zero attached hydrogens (tertiary/aromatic N) is 2. The minimum Gasteiger partial charge on any atom is -0.372 e. The lowest BCUT2D eigenvalue weighted by Gasteiger charge is -2.36. The van der Waals surface area contributed by atoms with Crippen molar-refractivity contribution in [3.8, 4) is 0 Å². The molecule has 2 aliphatic heterocycles. The summed E-state index contributed by atoms with van der Waals surface area (Å²) in [5.41, 5.74) is -0.763. The second-order valence-corrected chi connectivity index (χ2v) is 7.02. The fourth-order valence-electron chi connectivity index (χ4n) is 3.93. The summed E-state index contributed by atoms with van der Waals surface area (Å²) in [6, 6.07) is -0.431. The molecule has 1 aliphatic carbocycles. The van der Waals surface area contributed by atoms with Crippen molar-refractivity contribution in [3.05, 3.63) is 0 Å². The molecule has 0 bridgehead atoms. The van der Waals surface area contributed by atoms with Gasteiger partial charge in [-0.2, -0.15) is 0 Å². The number of ether oxygens (including phenoxy) is 1. The van der Waals surface area contributed by atoms with Crippen molar-refractivity contribution >= 4 is 17.8 Å². The highest BCUT2D eigenvalue weighted by Gasteiger charge is 2.51. The molecule has 0 aromatic heterocycles. The number of hydrogen-bond donors (Lipinski definition) is 1. The van der Waals surface area contributed by atoms with Gasteiger partial charge >= 0.3 is 6.03 Å². The summed E-state index contributed by atoms with van der Waals surface area (Å²) in [7, 11) is 0. The molecule has 7 heteroatoms. The Labute approximate surface area is 136 Å². The zero-order valence-corrected chi connectivity index (χ0v) is 13.8. The van der Waals surface area contributed by atoms with Gasteiger partial charge in [-0.1, -0.05) is 19.3 Å². The Kier molecular flexibility index (Phi) is 4.31. The van der Waals surface area contributed by atoms with E-state index in [0.29, 0.717) is 25.9 Å². The third-order valence-electron chi connectivity index (χ3n) is 5.02. The van der Waals surface area contributed by atoms with Crippen LogP contribution in [-0.4, -0.2) is 65.0 Å². The van der Waals surface area contributed by atoms with Gasteiger partial charge in [-0.05, 0) is 26.7 Å². The normalized spacial score (nSPS) is 30.7. The van der Waals surface area contributed by atoms with Crippen molar-refractivity contribution < 1.29 is 19.1 Å². The summed E-state index contributed by atoms with van der Waals surface area (Å²) in [5, 5.41) is 2.84. The SMILES string of the molecule is C[C@@H]1CN(C(=O)CN2C(=O)NC3(CCCCC3)C2=O)C[C@H](C)O1. The van der Waals surface area contributed by atoms with E-state index in [1.54, 1.807) is 4.90 Å². The van der Waals surface area contributed by atoms with Gasteiger partial charge in [-0.3, -0.25) is 14.5 Å². The van der Waals surface area contributed by atoms with Crippen molar-refractivity contribution in [2.45, 2.75) is 63.7 Å². The van der Waals surface area contributed by atoms with Crippen LogP contribution in [0.3, 0.4) is 0 Å². The first kappa shape index (κ1) is 16.2. The maximum absolute atomic E-state index is 12.7. The Morgan fingerprint density at radius 3 is 2.39 bits per heavy atom. The summed E-state index contributed by atoms with van der Waals surface area (Å²) < 4.78 is 5.62. The molecule has 1 N–H and O–H groups in total. The van der Waals surface area contributed by atoms with Crippen LogP contribution in [0.25, 0.3) is 0 Å². The lowest BCUT2D eigenvalue weighted by atomic mass is 9.82. The van der Waals surface area contributed by atoms with E-state index in [1.165, 1.54) is 0 Å². The summed E-state index contributed by atoms with van der Waals surface area (Å²) in [4.78, 5) is 40.2. The fraction of sp³-hybridized carbons (Fsp3) is 0.812. The third kappa shape index (κ3) is 3.06. The maximum atomic E-state index is 12.7. The number of morpholine rings is 1. The first-order chi connectivity index (χ1) is 10.9. The van der Waals surface area contributed by atoms with E-state index in [2.05, 4.69) is 5.32 Å². The number of urea groups is 1. The number of hydrogen-bond acceptors (Lipinski definition) is 4. The summed E-state index contributed by atoms with van der Waals surface area (Å²) in [5.74, 6) is -0.423. The maximum Gasteiger partial charge on any atom is 0.325 e. The summed E-state index contributed by atoms with van der Waals surface area (Å²) in [6.45, 7) is 4.66. The average Bonchev–Trinajstić information content (AvgIpc) is 2.71. The molecule has 23 heavy (non-hydrogen) atoms. The van der Waals surface area contributed by atoms with Gasteiger partial charge in [0.15, 0.2) is 0 Å². The molecular weight excluding hydrogens is 298 g/mol. The van der Waals surface area contributed by atoms with Gasteiger partial charge in [-0.15, -0.1) is 0 Å². The predicted octanol–water partition coefficient (Wildman–Crippen LogP) is 0.877.